The van der Waals surface area contributed by atoms with Crippen molar-refractivity contribution in [3.8, 4) is 90.3 Å². The Hall–Kier alpha value is -9.00. The molecule has 4 aromatic heterocycles. The monoisotopic (exact) mass is 868 g/mol. The summed E-state index contributed by atoms with van der Waals surface area (Å²) in [6, 6.07) is 76.9. The van der Waals surface area contributed by atoms with Gasteiger partial charge >= 0.3 is 0 Å². The fourth-order valence-electron chi connectivity index (χ4n) is 10.2. The molecule has 68 heavy (non-hydrogen) atoms. The number of pyridine rings is 2. The number of hydrogen-bond acceptors (Lipinski definition) is 6. The predicted octanol–water partition coefficient (Wildman–Crippen LogP) is 14.4. The van der Waals surface area contributed by atoms with Gasteiger partial charge in [-0.15, -0.1) is 0 Å². The third-order valence-electron chi connectivity index (χ3n) is 13.4. The zero-order chi connectivity index (χ0) is 45.0. The van der Waals surface area contributed by atoms with Gasteiger partial charge in [-0.05, 0) is 104 Å². The van der Waals surface area contributed by atoms with Crippen molar-refractivity contribution in [1.29, 1.82) is 0 Å². The van der Waals surface area contributed by atoms with Gasteiger partial charge in [0.1, 0.15) is 0 Å². The van der Waals surface area contributed by atoms with E-state index in [1.54, 1.807) is 12.4 Å². The lowest BCUT2D eigenvalue weighted by Gasteiger charge is -2.42. The summed E-state index contributed by atoms with van der Waals surface area (Å²) in [4.78, 5) is 29.2. The van der Waals surface area contributed by atoms with Gasteiger partial charge < -0.3 is 0 Å². The maximum absolute atomic E-state index is 5.05. The Labute approximate surface area is 394 Å². The molecule has 0 fully saturated rings. The van der Waals surface area contributed by atoms with Gasteiger partial charge in [0.05, 0.1) is 34.2 Å². The van der Waals surface area contributed by atoms with Crippen molar-refractivity contribution in [1.82, 2.24) is 29.9 Å². The minimum absolute atomic E-state index is 0.143. The summed E-state index contributed by atoms with van der Waals surface area (Å²) in [5.74, 6) is 1.64. The molecule has 7 aromatic carbocycles. The second-order valence-corrected chi connectivity index (χ2v) is 17.4. The van der Waals surface area contributed by atoms with E-state index < -0.39 is 0 Å². The molecule has 0 spiro atoms. The number of hydrogen-bond donors (Lipinski definition) is 0. The number of benzene rings is 7. The van der Waals surface area contributed by atoms with Gasteiger partial charge in [0.15, 0.2) is 11.6 Å². The third-order valence-corrected chi connectivity index (χ3v) is 13.4. The molecule has 0 N–H and O–H groups in total. The summed E-state index contributed by atoms with van der Waals surface area (Å²) in [5, 5.41) is 0. The smallest absolute Gasteiger partial charge is 0.160 e. The van der Waals surface area contributed by atoms with E-state index in [9.17, 15) is 0 Å². The zero-order valence-corrected chi connectivity index (χ0v) is 36.8. The molecule has 14 rings (SSSR count). The third kappa shape index (κ3) is 6.98. The van der Waals surface area contributed by atoms with Crippen LogP contribution < -0.4 is 0 Å². The fourth-order valence-corrected chi connectivity index (χ4v) is 10.2. The lowest BCUT2D eigenvalue weighted by molar-refractivity contribution is 0.755. The summed E-state index contributed by atoms with van der Waals surface area (Å²) in [6.07, 6.45) is 3.60. The molecule has 0 aliphatic heterocycles. The van der Waals surface area contributed by atoms with Gasteiger partial charge in [0.2, 0.25) is 0 Å². The maximum atomic E-state index is 5.05. The van der Waals surface area contributed by atoms with E-state index in [0.717, 1.165) is 56.4 Å². The van der Waals surface area contributed by atoms with Crippen LogP contribution in [0.4, 0.5) is 0 Å². The van der Waals surface area contributed by atoms with Crippen LogP contribution in [0.15, 0.2) is 231 Å². The first kappa shape index (κ1) is 39.4. The highest BCUT2D eigenvalue weighted by molar-refractivity contribution is 5.79. The van der Waals surface area contributed by atoms with Crippen LogP contribution in [0.2, 0.25) is 0 Å². The Morgan fingerprint density at radius 3 is 0.985 bits per heavy atom. The molecule has 6 heteroatoms. The lowest BCUT2D eigenvalue weighted by atomic mass is 9.60. The summed E-state index contributed by atoms with van der Waals surface area (Å²) < 4.78 is 0. The highest BCUT2D eigenvalue weighted by Gasteiger charge is 2.41. The summed E-state index contributed by atoms with van der Waals surface area (Å²) in [6.45, 7) is 0. The van der Waals surface area contributed by atoms with Crippen molar-refractivity contribution in [3.63, 3.8) is 0 Å². The standard InChI is InChI=1S/C62H40N6/c1-3-13-43(14-4-1)61-65-55(37-57(67-61)53-19-9-11-33-63-53)41-25-21-39(22-26-41)45-29-31-49-51(35-45)59-47-17-7-8-18-48(47)60(49)52-36-46(30-32-50(52)59)40-23-27-42(28-24-40)56-38-58(54-20-10-12-34-64-54)68-62(66-56)44-15-5-2-6-16-44/h1-38,59-60H. The average molecular weight is 869 g/mol. The zero-order valence-electron chi connectivity index (χ0n) is 36.8. The molecule has 0 amide bonds. The topological polar surface area (TPSA) is 77.3 Å². The minimum atomic E-state index is 0.143. The van der Waals surface area contributed by atoms with Crippen molar-refractivity contribution in [3.05, 3.63) is 264 Å². The van der Waals surface area contributed by atoms with Gasteiger partial charge in [0, 0.05) is 46.5 Å². The Balaban J connectivity index is 0.821. The molecule has 0 radical (unpaired) electrons. The molecule has 11 aromatic rings. The first-order chi connectivity index (χ1) is 33.7. The summed E-state index contributed by atoms with van der Waals surface area (Å²) in [7, 11) is 0. The number of nitrogens with zero attached hydrogens (tertiary/aromatic N) is 6. The number of rotatable bonds is 8. The van der Waals surface area contributed by atoms with Gasteiger partial charge in [-0.25, -0.2) is 19.9 Å². The molecule has 3 aliphatic rings. The van der Waals surface area contributed by atoms with E-state index in [2.05, 4.69) is 119 Å². The van der Waals surface area contributed by atoms with Crippen molar-refractivity contribution < 1.29 is 0 Å². The highest BCUT2D eigenvalue weighted by atomic mass is 14.9. The van der Waals surface area contributed by atoms with E-state index in [4.69, 9.17) is 19.9 Å². The van der Waals surface area contributed by atoms with Crippen molar-refractivity contribution in [2.24, 2.45) is 0 Å². The van der Waals surface area contributed by atoms with Crippen molar-refractivity contribution in [2.45, 2.75) is 11.8 Å². The van der Waals surface area contributed by atoms with Crippen LogP contribution in [0, 0.1) is 0 Å². The van der Waals surface area contributed by atoms with E-state index >= 15 is 0 Å². The molecule has 3 aliphatic carbocycles. The van der Waals surface area contributed by atoms with E-state index in [0.29, 0.717) is 11.6 Å². The van der Waals surface area contributed by atoms with Crippen LogP contribution in [0.5, 0.6) is 0 Å². The average Bonchev–Trinajstić information content (AvgIpc) is 3.43. The van der Waals surface area contributed by atoms with Gasteiger partial charge in [-0.3, -0.25) is 9.97 Å². The van der Waals surface area contributed by atoms with Crippen LogP contribution in [0.1, 0.15) is 45.2 Å². The van der Waals surface area contributed by atoms with Crippen LogP contribution in [0.25, 0.3) is 90.3 Å². The Bertz CT molecular complexity index is 3290. The van der Waals surface area contributed by atoms with E-state index in [1.807, 2.05) is 109 Å². The van der Waals surface area contributed by atoms with E-state index in [-0.39, 0.29) is 11.8 Å². The molecule has 2 atom stereocenters. The summed E-state index contributed by atoms with van der Waals surface area (Å²) >= 11 is 0. The van der Waals surface area contributed by atoms with E-state index in [1.165, 1.54) is 55.6 Å². The molecule has 4 heterocycles. The first-order valence-corrected chi connectivity index (χ1v) is 23.0. The largest absolute Gasteiger partial charge is 0.255 e. The molecule has 2 bridgehead atoms. The normalized spacial score (nSPS) is 14.2. The second kappa shape index (κ2) is 16.5. The first-order valence-electron chi connectivity index (χ1n) is 23.0. The van der Waals surface area contributed by atoms with Crippen molar-refractivity contribution >= 4 is 0 Å². The van der Waals surface area contributed by atoms with Crippen molar-refractivity contribution in [2.75, 3.05) is 0 Å². The van der Waals surface area contributed by atoms with Crippen LogP contribution >= 0.6 is 0 Å². The molecule has 0 saturated carbocycles. The Kier molecular flexibility index (Phi) is 9.53. The maximum Gasteiger partial charge on any atom is 0.160 e. The van der Waals surface area contributed by atoms with Crippen LogP contribution in [-0.2, 0) is 0 Å². The molecule has 318 valence electrons. The minimum Gasteiger partial charge on any atom is -0.255 e. The molecule has 2 unspecified atom stereocenters. The van der Waals surface area contributed by atoms with Gasteiger partial charge in [0.25, 0.3) is 0 Å². The molecule has 6 nitrogen and oxygen atoms in total. The number of aromatic nitrogens is 6. The molecule has 0 saturated heterocycles. The van der Waals surface area contributed by atoms with Crippen LogP contribution in [0.3, 0.4) is 0 Å². The van der Waals surface area contributed by atoms with Gasteiger partial charge in [-0.2, -0.15) is 0 Å². The van der Waals surface area contributed by atoms with Crippen LogP contribution in [-0.4, -0.2) is 29.9 Å². The second-order valence-electron chi connectivity index (χ2n) is 17.4. The highest BCUT2D eigenvalue weighted by Crippen LogP contribution is 2.56. The SMILES string of the molecule is c1ccc(-c2nc(-c3ccc(-c4ccc5c(c4)C4c6ccccc6C5c5cc(-c6ccc(-c7cc(-c8ccccn8)nc(-c8ccccc8)n7)cc6)ccc54)cc3)cc(-c3ccccn3)n2)cc1. The molecular weight excluding hydrogens is 829 g/mol. The Morgan fingerprint density at radius 1 is 0.221 bits per heavy atom. The fraction of sp³-hybridized carbons (Fsp3) is 0.0323. The Morgan fingerprint density at radius 2 is 0.574 bits per heavy atom. The predicted molar refractivity (Wildman–Crippen MR) is 271 cm³/mol. The van der Waals surface area contributed by atoms with Gasteiger partial charge in [-0.1, -0.05) is 170 Å². The lowest BCUT2D eigenvalue weighted by Crippen LogP contribution is -2.27. The quantitative estimate of drug-likeness (QED) is 0.151. The summed E-state index contributed by atoms with van der Waals surface area (Å²) in [5.41, 5.74) is 22.0. The molecular formula is C62H40N6.